The highest BCUT2D eigenvalue weighted by molar-refractivity contribution is 5.33. The molecule has 0 aromatic carbocycles. The van der Waals surface area contributed by atoms with Crippen molar-refractivity contribution in [3.8, 4) is 0 Å². The van der Waals surface area contributed by atoms with Crippen LogP contribution in [0, 0.1) is 0 Å². The number of aliphatic hydroxyl groups is 1. The number of hydrogen-bond donors (Lipinski definition) is 1. The Hall–Kier alpha value is -0.820. The molecule has 0 heterocycles. The van der Waals surface area contributed by atoms with Gasteiger partial charge in [-0.15, -0.1) is 0 Å². The lowest BCUT2D eigenvalue weighted by atomic mass is 9.96. The largest absolute Gasteiger partial charge is 0.384 e. The molecule has 1 unspecified atom stereocenters. The summed E-state index contributed by atoms with van der Waals surface area (Å²) in [7, 11) is 0. The molecule has 1 aliphatic carbocycles. The SMILES string of the molecule is C=CC1=CCC=C(C)C1O. The molecule has 0 amide bonds. The summed E-state index contributed by atoms with van der Waals surface area (Å²) in [6.45, 7) is 5.55. The Labute approximate surface area is 61.4 Å². The molecule has 54 valence electrons. The van der Waals surface area contributed by atoms with Gasteiger partial charge in [0.2, 0.25) is 0 Å². The standard InChI is InChI=1S/C9H12O/c1-3-8-6-4-5-7(2)9(8)10/h3,5-6,9-10H,1,4H2,2H3. The van der Waals surface area contributed by atoms with E-state index in [-0.39, 0.29) is 0 Å². The van der Waals surface area contributed by atoms with Crippen molar-refractivity contribution in [2.75, 3.05) is 0 Å². The number of aliphatic hydroxyl groups excluding tert-OH is 1. The van der Waals surface area contributed by atoms with Crippen molar-refractivity contribution in [3.63, 3.8) is 0 Å². The van der Waals surface area contributed by atoms with Gasteiger partial charge < -0.3 is 5.11 Å². The van der Waals surface area contributed by atoms with Gasteiger partial charge in [0.1, 0.15) is 0 Å². The van der Waals surface area contributed by atoms with Gasteiger partial charge in [-0.3, -0.25) is 0 Å². The van der Waals surface area contributed by atoms with Gasteiger partial charge in [-0.25, -0.2) is 0 Å². The van der Waals surface area contributed by atoms with Crippen molar-refractivity contribution in [3.05, 3.63) is 36.0 Å². The van der Waals surface area contributed by atoms with E-state index < -0.39 is 6.10 Å². The fraction of sp³-hybridized carbons (Fsp3) is 0.333. The smallest absolute Gasteiger partial charge is 0.0995 e. The van der Waals surface area contributed by atoms with Gasteiger partial charge in [-0.1, -0.05) is 24.8 Å². The van der Waals surface area contributed by atoms with Gasteiger partial charge >= 0.3 is 0 Å². The number of allylic oxidation sites excluding steroid dienone is 2. The molecule has 1 aliphatic rings. The van der Waals surface area contributed by atoms with Crippen LogP contribution in [0.5, 0.6) is 0 Å². The minimum absolute atomic E-state index is 0.411. The average molecular weight is 136 g/mol. The predicted octanol–water partition coefficient (Wildman–Crippen LogP) is 1.81. The van der Waals surface area contributed by atoms with Gasteiger partial charge in [0.25, 0.3) is 0 Å². The summed E-state index contributed by atoms with van der Waals surface area (Å²) in [4.78, 5) is 0. The first kappa shape index (κ1) is 7.29. The molecule has 1 atom stereocenters. The summed E-state index contributed by atoms with van der Waals surface area (Å²) in [5, 5.41) is 9.43. The van der Waals surface area contributed by atoms with Gasteiger partial charge in [0.15, 0.2) is 0 Å². The predicted molar refractivity (Wildman–Crippen MR) is 42.7 cm³/mol. The fourth-order valence-electron chi connectivity index (χ4n) is 1.06. The molecule has 0 bridgehead atoms. The minimum Gasteiger partial charge on any atom is -0.384 e. The summed E-state index contributed by atoms with van der Waals surface area (Å²) < 4.78 is 0. The third kappa shape index (κ3) is 1.19. The van der Waals surface area contributed by atoms with E-state index in [0.717, 1.165) is 17.6 Å². The summed E-state index contributed by atoms with van der Waals surface area (Å²) >= 11 is 0. The Balaban J connectivity index is 2.79. The Morgan fingerprint density at radius 2 is 2.40 bits per heavy atom. The highest BCUT2D eigenvalue weighted by Gasteiger charge is 2.11. The first-order valence-corrected chi connectivity index (χ1v) is 3.43. The molecule has 0 radical (unpaired) electrons. The Morgan fingerprint density at radius 3 is 2.90 bits per heavy atom. The van der Waals surface area contributed by atoms with Gasteiger partial charge in [0.05, 0.1) is 6.10 Å². The van der Waals surface area contributed by atoms with Gasteiger partial charge in [0, 0.05) is 0 Å². The van der Waals surface area contributed by atoms with Crippen LogP contribution in [-0.4, -0.2) is 11.2 Å². The summed E-state index contributed by atoms with van der Waals surface area (Å²) in [6.07, 6.45) is 6.24. The van der Waals surface area contributed by atoms with Crippen molar-refractivity contribution in [2.24, 2.45) is 0 Å². The van der Waals surface area contributed by atoms with Crippen LogP contribution < -0.4 is 0 Å². The zero-order chi connectivity index (χ0) is 7.56. The summed E-state index contributed by atoms with van der Waals surface area (Å²) in [5.41, 5.74) is 1.96. The lowest BCUT2D eigenvalue weighted by molar-refractivity contribution is 0.248. The van der Waals surface area contributed by atoms with Crippen molar-refractivity contribution in [1.29, 1.82) is 0 Å². The van der Waals surface area contributed by atoms with E-state index in [2.05, 4.69) is 6.58 Å². The molecule has 0 aromatic rings. The molecule has 0 saturated carbocycles. The second-order valence-corrected chi connectivity index (χ2v) is 2.49. The molecule has 0 fully saturated rings. The average Bonchev–Trinajstić information content (AvgIpc) is 1.95. The lowest BCUT2D eigenvalue weighted by Crippen LogP contribution is -2.12. The zero-order valence-corrected chi connectivity index (χ0v) is 6.17. The van der Waals surface area contributed by atoms with Crippen LogP contribution in [0.2, 0.25) is 0 Å². The first-order valence-electron chi connectivity index (χ1n) is 3.43. The summed E-state index contributed by atoms with van der Waals surface area (Å²) in [6, 6.07) is 0. The molecule has 0 aromatic heterocycles. The van der Waals surface area contributed by atoms with E-state index in [1.54, 1.807) is 6.08 Å². The third-order valence-corrected chi connectivity index (χ3v) is 1.78. The molecule has 1 heteroatoms. The van der Waals surface area contributed by atoms with Crippen LogP contribution in [-0.2, 0) is 0 Å². The van der Waals surface area contributed by atoms with Crippen molar-refractivity contribution >= 4 is 0 Å². The Kier molecular flexibility index (Phi) is 2.07. The maximum Gasteiger partial charge on any atom is 0.0995 e. The molecular weight excluding hydrogens is 124 g/mol. The van der Waals surface area contributed by atoms with Crippen LogP contribution in [0.4, 0.5) is 0 Å². The topological polar surface area (TPSA) is 20.2 Å². The van der Waals surface area contributed by atoms with E-state index >= 15 is 0 Å². The van der Waals surface area contributed by atoms with Crippen molar-refractivity contribution in [2.45, 2.75) is 19.4 Å². The highest BCUT2D eigenvalue weighted by atomic mass is 16.3. The van der Waals surface area contributed by atoms with E-state index in [1.165, 1.54) is 0 Å². The van der Waals surface area contributed by atoms with E-state index in [0.29, 0.717) is 0 Å². The highest BCUT2D eigenvalue weighted by Crippen LogP contribution is 2.18. The van der Waals surface area contributed by atoms with Crippen LogP contribution in [0.15, 0.2) is 36.0 Å². The molecule has 0 spiro atoms. The van der Waals surface area contributed by atoms with Crippen LogP contribution in [0.1, 0.15) is 13.3 Å². The Morgan fingerprint density at radius 1 is 1.70 bits per heavy atom. The normalized spacial score (nSPS) is 25.2. The van der Waals surface area contributed by atoms with Crippen molar-refractivity contribution < 1.29 is 5.11 Å². The van der Waals surface area contributed by atoms with E-state index in [9.17, 15) is 5.11 Å². The molecule has 1 rings (SSSR count). The molecule has 0 aliphatic heterocycles. The lowest BCUT2D eigenvalue weighted by Gasteiger charge is -2.16. The maximum atomic E-state index is 9.43. The zero-order valence-electron chi connectivity index (χ0n) is 6.17. The Bertz CT molecular complexity index is 199. The van der Waals surface area contributed by atoms with Gasteiger partial charge in [-0.2, -0.15) is 0 Å². The molecule has 1 N–H and O–H groups in total. The molecule has 1 nitrogen and oxygen atoms in total. The van der Waals surface area contributed by atoms with Gasteiger partial charge in [-0.05, 0) is 24.5 Å². The number of hydrogen-bond acceptors (Lipinski definition) is 1. The van der Waals surface area contributed by atoms with Crippen LogP contribution in [0.25, 0.3) is 0 Å². The van der Waals surface area contributed by atoms with E-state index in [1.807, 2.05) is 19.1 Å². The molecule has 10 heavy (non-hydrogen) atoms. The first-order chi connectivity index (χ1) is 4.75. The maximum absolute atomic E-state index is 9.43. The third-order valence-electron chi connectivity index (χ3n) is 1.78. The monoisotopic (exact) mass is 136 g/mol. The number of rotatable bonds is 1. The van der Waals surface area contributed by atoms with Crippen molar-refractivity contribution in [1.82, 2.24) is 0 Å². The second-order valence-electron chi connectivity index (χ2n) is 2.49. The fourth-order valence-corrected chi connectivity index (χ4v) is 1.06. The molecular formula is C9H12O. The molecule has 0 saturated heterocycles. The van der Waals surface area contributed by atoms with Crippen LogP contribution in [0.3, 0.4) is 0 Å². The van der Waals surface area contributed by atoms with Crippen LogP contribution >= 0.6 is 0 Å². The van der Waals surface area contributed by atoms with E-state index in [4.69, 9.17) is 0 Å². The summed E-state index contributed by atoms with van der Waals surface area (Å²) in [5.74, 6) is 0. The quantitative estimate of drug-likeness (QED) is 0.545. The second kappa shape index (κ2) is 2.84. The minimum atomic E-state index is -0.411.